The van der Waals surface area contributed by atoms with Gasteiger partial charge in [0.2, 0.25) is 34.2 Å². The van der Waals surface area contributed by atoms with E-state index >= 15 is 0 Å². The summed E-state index contributed by atoms with van der Waals surface area (Å²) < 4.78 is 184. The fourth-order valence-corrected chi connectivity index (χ4v) is 13.7. The van der Waals surface area contributed by atoms with Crippen molar-refractivity contribution in [2.75, 3.05) is 0 Å². The first-order valence-corrected chi connectivity index (χ1v) is 34.4. The highest BCUT2D eigenvalue weighted by Gasteiger charge is 2.30. The zero-order valence-corrected chi connectivity index (χ0v) is 59.9. The van der Waals surface area contributed by atoms with Gasteiger partial charge in [-0.05, 0) is 145 Å². The lowest BCUT2D eigenvalue weighted by Crippen LogP contribution is -2.31. The van der Waals surface area contributed by atoms with Gasteiger partial charge in [-0.25, -0.2) is 33.0 Å². The lowest BCUT2D eigenvalue weighted by Gasteiger charge is -2.16. The quantitative estimate of drug-likeness (QED) is 0.127. The number of fused-ring (bicyclic) bond motifs is 9. The lowest BCUT2D eigenvalue weighted by atomic mass is 9.91. The number of hydrogen-bond acceptors (Lipinski definition) is 6. The van der Waals surface area contributed by atoms with Gasteiger partial charge >= 0.3 is 0 Å². The van der Waals surface area contributed by atoms with Crippen molar-refractivity contribution in [3.05, 3.63) is 251 Å². The summed E-state index contributed by atoms with van der Waals surface area (Å²) in [6.07, 6.45) is 8.09. The first kappa shape index (κ1) is 50.8. The van der Waals surface area contributed by atoms with Crippen LogP contribution in [0.15, 0.2) is 214 Å². The summed E-state index contributed by atoms with van der Waals surface area (Å²) in [7, 11) is 5.86. The molecule has 0 spiro atoms. The Morgan fingerprint density at radius 3 is 1.26 bits per heavy atom. The predicted molar refractivity (Wildman–Crippen MR) is 418 cm³/mol. The van der Waals surface area contributed by atoms with Gasteiger partial charge in [-0.3, -0.25) is 0 Å². The maximum atomic E-state index is 14.9. The number of halogens is 1. The molecule has 0 radical (unpaired) electrons. The molecule has 0 fully saturated rings. The average molecular weight is 1370 g/mol. The lowest BCUT2D eigenvalue weighted by molar-refractivity contribution is -0.660. The van der Waals surface area contributed by atoms with Crippen molar-refractivity contribution in [1.82, 2.24) is 15.0 Å². The molecular weight excluding hydrogens is 1260 g/mol. The molecule has 0 bridgehead atoms. The molecule has 9 aromatic heterocycles. The summed E-state index contributed by atoms with van der Waals surface area (Å²) in [4.78, 5) is 13.4. The van der Waals surface area contributed by atoms with E-state index in [9.17, 15) is 4.39 Å². The van der Waals surface area contributed by atoms with E-state index in [1.807, 2.05) is 112 Å². The Kier molecular flexibility index (Phi) is 13.7. The highest BCUT2D eigenvalue weighted by molar-refractivity contribution is 6.11. The molecule has 0 atom stereocenters. The van der Waals surface area contributed by atoms with Gasteiger partial charge in [-0.15, -0.1) is 0 Å². The molecule has 10 heteroatoms. The second-order valence-corrected chi connectivity index (χ2v) is 28.5. The van der Waals surface area contributed by atoms with Crippen LogP contribution in [-0.4, -0.2) is 15.0 Å². The minimum atomic E-state index is -2.83. The number of nitrogens with zero attached hydrogens (tertiary/aromatic N) is 6. The van der Waals surface area contributed by atoms with Gasteiger partial charge in [0.15, 0.2) is 35.3 Å². The summed E-state index contributed by atoms with van der Waals surface area (Å²) in [5.41, 5.74) is 11.8. The summed E-state index contributed by atoms with van der Waals surface area (Å²) in [5.74, 6) is 0.850. The maximum Gasteiger partial charge on any atom is 0.227 e. The third-order valence-electron chi connectivity index (χ3n) is 18.9. The standard InChI is InChI=1S/2C32H35N2O.C28H26FN2O/c1-20(2)18-22-9-11-23(12-10-22)24-13-16-27(34(7)19-24)29-21(3)8-14-25-26-15-17-28(32(4,5)6)33-31(26)35-30(25)29;1-20(2)18-22-9-11-23(12-10-22)24-16-17-34(7)27(19-24)29-21(3)8-13-25-26-14-15-28(32(4,5)6)33-31(26)35-30(25)29;1-17-12-13-20-21-14-15-23(28(2,3)4)30-27(21)32-26(20)24(17)25-19(10-8-16-31(25)5)18-9-6-7-11-22(18)29/h2*8-17,19-20H,18H2,1-7H3;6-16H,1-5H3/q3*+1/i2*4D3,5D3;2D3,3D3. The van der Waals surface area contributed by atoms with Crippen LogP contribution in [0.5, 0.6) is 0 Å². The summed E-state index contributed by atoms with van der Waals surface area (Å²) in [6.45, 7) is 1.62. The van der Waals surface area contributed by atoms with E-state index in [0.29, 0.717) is 55.9 Å². The second kappa shape index (κ2) is 27.5. The number of benzene rings is 6. The van der Waals surface area contributed by atoms with E-state index in [-0.39, 0.29) is 40.0 Å². The van der Waals surface area contributed by atoms with E-state index in [1.165, 1.54) is 56.2 Å². The Labute approximate surface area is 625 Å². The number of hydrogen-bond donors (Lipinski definition) is 0. The molecule has 0 aliphatic rings. The van der Waals surface area contributed by atoms with Crippen LogP contribution in [-0.2, 0) is 50.2 Å². The first-order chi connectivity index (χ1) is 56.0. The Hall–Kier alpha value is -10.5. The van der Waals surface area contributed by atoms with Crippen molar-refractivity contribution in [1.29, 1.82) is 0 Å². The Bertz CT molecular complexity index is 6390. The topological polar surface area (TPSA) is 89.7 Å². The molecular formula is C92H96FN6O3+3. The van der Waals surface area contributed by atoms with E-state index in [1.54, 1.807) is 36.4 Å². The maximum absolute atomic E-state index is 14.9. The molecule has 0 amide bonds. The molecule has 0 aliphatic heterocycles. The fourth-order valence-electron chi connectivity index (χ4n) is 13.7. The molecule has 0 N–H and O–H groups in total. The number of furan rings is 3. The van der Waals surface area contributed by atoms with Gasteiger partial charge in [0.1, 0.15) is 27.0 Å². The van der Waals surface area contributed by atoms with E-state index in [0.717, 1.165) is 102 Å². The first-order valence-electron chi connectivity index (χ1n) is 43.4. The van der Waals surface area contributed by atoms with Crippen LogP contribution in [0.1, 0.15) is 159 Å². The van der Waals surface area contributed by atoms with E-state index < -0.39 is 57.4 Å². The van der Waals surface area contributed by atoms with Crippen LogP contribution in [0, 0.1) is 38.4 Å². The van der Waals surface area contributed by atoms with Crippen LogP contribution >= 0.6 is 0 Å². The SMILES string of the molecule is [2H]C([2H])([2H])C(C)(c1ccc2c(n1)oc1c(-c3c(-c4ccccc4F)ccc[n+]3C)c(C)ccc12)C([2H])([2H])[2H].[2H]C([2H])([2H])C(C)(c1ccc2c(n1)oc1c(-c3cc(-c4ccc(CC(C)C)cc4)cc[n+]3C)c(C)ccc12)C([2H])([2H])[2H].[2H]C([2H])([2H])C(C)(c1ccc2c(n1)oc1c(-c3ccc(-c4ccc(CC(C)C)cc4)c[n+]3C)c(C)ccc12)C([2H])([2H])[2H]. The molecule has 102 heavy (non-hydrogen) atoms. The molecule has 0 unspecified atom stereocenters. The van der Waals surface area contributed by atoms with Gasteiger partial charge in [0.05, 0.1) is 22.3 Å². The van der Waals surface area contributed by atoms with Crippen molar-refractivity contribution in [2.45, 2.75) is 139 Å². The van der Waals surface area contributed by atoms with Gasteiger partial charge in [0.25, 0.3) is 0 Å². The number of rotatable bonds is 10. The molecule has 6 aromatic carbocycles. The van der Waals surface area contributed by atoms with Crippen molar-refractivity contribution in [2.24, 2.45) is 33.0 Å². The van der Waals surface area contributed by atoms with Crippen molar-refractivity contribution < 1.29 is 56.0 Å². The Morgan fingerprint density at radius 2 is 0.814 bits per heavy atom. The van der Waals surface area contributed by atoms with Crippen LogP contribution in [0.4, 0.5) is 4.39 Å². The monoisotopic (exact) mass is 1370 g/mol. The van der Waals surface area contributed by atoms with Gasteiger partial charge < -0.3 is 13.3 Å². The van der Waals surface area contributed by atoms with Crippen LogP contribution in [0.25, 0.3) is 133 Å². The normalized spacial score (nSPS) is 15.5. The van der Waals surface area contributed by atoms with Crippen molar-refractivity contribution >= 4 is 66.2 Å². The largest absolute Gasteiger partial charge is 0.437 e. The highest BCUT2D eigenvalue weighted by atomic mass is 19.1. The third kappa shape index (κ3) is 13.9. The molecule has 0 saturated carbocycles. The van der Waals surface area contributed by atoms with E-state index in [4.69, 9.17) is 37.9 Å². The highest BCUT2D eigenvalue weighted by Crippen LogP contribution is 2.43. The van der Waals surface area contributed by atoms with Crippen LogP contribution in [0.2, 0.25) is 0 Å². The Balaban J connectivity index is 0.000000156. The van der Waals surface area contributed by atoms with Crippen LogP contribution in [0.3, 0.4) is 0 Å². The predicted octanol–water partition coefficient (Wildman–Crippen LogP) is 22.8. The average Bonchev–Trinajstić information content (AvgIpc) is 1.68. The molecule has 15 aromatic rings. The molecule has 9 heterocycles. The van der Waals surface area contributed by atoms with Gasteiger partial charge in [-0.1, -0.05) is 193 Å². The minimum absolute atomic E-state index is 0.0448. The number of aryl methyl sites for hydroxylation is 6. The summed E-state index contributed by atoms with van der Waals surface area (Å²) in [6, 6.07) is 57.4. The molecule has 15 rings (SSSR count). The van der Waals surface area contributed by atoms with Crippen molar-refractivity contribution in [3.63, 3.8) is 0 Å². The molecule has 9 nitrogen and oxygen atoms in total. The van der Waals surface area contributed by atoms with Gasteiger partial charge in [0, 0.05) is 126 Å². The smallest absolute Gasteiger partial charge is 0.227 e. The Morgan fingerprint density at radius 1 is 0.402 bits per heavy atom. The van der Waals surface area contributed by atoms with Crippen LogP contribution < -0.4 is 13.7 Å². The zero-order chi connectivity index (χ0) is 87.4. The van der Waals surface area contributed by atoms with Gasteiger partial charge in [-0.2, -0.15) is 0 Å². The minimum Gasteiger partial charge on any atom is -0.437 e. The second-order valence-electron chi connectivity index (χ2n) is 28.5. The number of pyridine rings is 6. The van der Waals surface area contributed by atoms with E-state index in [2.05, 4.69) is 126 Å². The fraction of sp³-hybridized carbons (Fsp3) is 0.283. The summed E-state index contributed by atoms with van der Waals surface area (Å²) in [5, 5.41) is 4.40. The summed E-state index contributed by atoms with van der Waals surface area (Å²) >= 11 is 0. The zero-order valence-electron chi connectivity index (χ0n) is 77.9. The number of aromatic nitrogens is 6. The molecule has 516 valence electrons. The molecule has 0 aliphatic carbocycles. The molecule has 0 saturated heterocycles. The third-order valence-corrected chi connectivity index (χ3v) is 18.9. The van der Waals surface area contributed by atoms with Crippen molar-refractivity contribution in [3.8, 4) is 67.2 Å².